The van der Waals surface area contributed by atoms with Gasteiger partial charge in [-0.3, -0.25) is 9.59 Å². The molecule has 166 valence electrons. The maximum Gasteiger partial charge on any atom is 0.229 e. The predicted molar refractivity (Wildman–Crippen MR) is 123 cm³/mol. The first-order chi connectivity index (χ1) is 15.6. The maximum absolute atomic E-state index is 13.0. The van der Waals surface area contributed by atoms with Crippen LogP contribution in [0.4, 0.5) is 11.5 Å². The second-order valence-electron chi connectivity index (χ2n) is 8.77. The number of aryl methyl sites for hydroxylation is 2. The van der Waals surface area contributed by atoms with Gasteiger partial charge in [0.05, 0.1) is 5.92 Å². The number of hydrogen-bond acceptors (Lipinski definition) is 6. The molecule has 4 heterocycles. The highest BCUT2D eigenvalue weighted by Crippen LogP contribution is 2.29. The van der Waals surface area contributed by atoms with E-state index in [1.165, 1.54) is 13.3 Å². The van der Waals surface area contributed by atoms with E-state index in [2.05, 4.69) is 24.8 Å². The van der Waals surface area contributed by atoms with E-state index in [0.717, 1.165) is 68.0 Å². The second kappa shape index (κ2) is 8.68. The molecule has 5 rings (SSSR count). The highest BCUT2D eigenvalue weighted by Gasteiger charge is 2.29. The van der Waals surface area contributed by atoms with Crippen LogP contribution in [-0.2, 0) is 17.8 Å². The van der Waals surface area contributed by atoms with Crippen molar-refractivity contribution in [3.63, 3.8) is 0 Å². The zero-order valence-corrected chi connectivity index (χ0v) is 18.4. The Labute approximate surface area is 187 Å². The molecule has 2 aromatic heterocycles. The van der Waals surface area contributed by atoms with Crippen molar-refractivity contribution < 1.29 is 9.59 Å². The van der Waals surface area contributed by atoms with Gasteiger partial charge in [0.25, 0.3) is 0 Å². The van der Waals surface area contributed by atoms with E-state index in [0.29, 0.717) is 17.8 Å². The molecule has 1 fully saturated rings. The molecule has 2 aliphatic rings. The average Bonchev–Trinajstić information content (AvgIpc) is 3.00. The van der Waals surface area contributed by atoms with Crippen molar-refractivity contribution in [1.82, 2.24) is 19.5 Å². The Bertz CT molecular complexity index is 1170. The second-order valence-corrected chi connectivity index (χ2v) is 8.77. The minimum Gasteiger partial charge on any atom is -0.354 e. The van der Waals surface area contributed by atoms with Crippen molar-refractivity contribution in [3.8, 4) is 0 Å². The Kier molecular flexibility index (Phi) is 5.59. The van der Waals surface area contributed by atoms with Gasteiger partial charge in [-0.15, -0.1) is 0 Å². The van der Waals surface area contributed by atoms with Gasteiger partial charge >= 0.3 is 0 Å². The van der Waals surface area contributed by atoms with Crippen molar-refractivity contribution in [2.24, 2.45) is 5.92 Å². The molecule has 3 aromatic rings. The number of Topliss-reactive ketones (excluding diaryl/α,β-unsaturated/α-hetero) is 1. The number of rotatable bonds is 4. The van der Waals surface area contributed by atoms with Crippen molar-refractivity contribution in [3.05, 3.63) is 42.0 Å². The largest absolute Gasteiger partial charge is 0.354 e. The first-order valence-electron chi connectivity index (χ1n) is 11.5. The van der Waals surface area contributed by atoms with Crippen LogP contribution in [0.1, 0.15) is 55.2 Å². The molecule has 1 N–H and O–H groups in total. The summed E-state index contributed by atoms with van der Waals surface area (Å²) < 4.78 is 2.24. The molecule has 0 aliphatic carbocycles. The number of anilines is 2. The number of imidazole rings is 1. The van der Waals surface area contributed by atoms with E-state index in [1.807, 2.05) is 6.07 Å². The highest BCUT2D eigenvalue weighted by atomic mass is 16.2. The number of aromatic nitrogens is 4. The Morgan fingerprint density at radius 1 is 1.09 bits per heavy atom. The van der Waals surface area contributed by atoms with Gasteiger partial charge in [0.15, 0.2) is 22.8 Å². The smallest absolute Gasteiger partial charge is 0.229 e. The fourth-order valence-corrected chi connectivity index (χ4v) is 4.80. The maximum atomic E-state index is 13.0. The molecule has 0 saturated carbocycles. The van der Waals surface area contributed by atoms with Gasteiger partial charge in [-0.05, 0) is 44.7 Å². The van der Waals surface area contributed by atoms with Crippen molar-refractivity contribution in [2.45, 2.75) is 52.0 Å². The van der Waals surface area contributed by atoms with Crippen LogP contribution in [0.2, 0.25) is 0 Å². The molecule has 1 atom stereocenters. The Morgan fingerprint density at radius 2 is 2.00 bits per heavy atom. The number of benzene rings is 1. The molecule has 8 nitrogen and oxygen atoms in total. The molecular weight excluding hydrogens is 404 g/mol. The lowest BCUT2D eigenvalue weighted by Crippen LogP contribution is -2.41. The van der Waals surface area contributed by atoms with Gasteiger partial charge in [-0.1, -0.05) is 18.6 Å². The van der Waals surface area contributed by atoms with Crippen LogP contribution in [0.5, 0.6) is 0 Å². The fraction of sp³-hybridized carbons (Fsp3) is 0.458. The number of hydrogen-bond donors (Lipinski definition) is 1. The summed E-state index contributed by atoms with van der Waals surface area (Å²) >= 11 is 0. The molecule has 0 spiro atoms. The number of carbonyl (C=O) groups is 2. The van der Waals surface area contributed by atoms with Gasteiger partial charge < -0.3 is 14.8 Å². The molecule has 0 bridgehead atoms. The monoisotopic (exact) mass is 432 g/mol. The first-order valence-corrected chi connectivity index (χ1v) is 11.5. The molecule has 1 amide bonds. The zero-order valence-electron chi connectivity index (χ0n) is 18.4. The number of nitrogens with zero attached hydrogens (tertiary/aromatic N) is 5. The van der Waals surface area contributed by atoms with Gasteiger partial charge in [0, 0.05) is 37.3 Å². The van der Waals surface area contributed by atoms with E-state index < -0.39 is 0 Å². The van der Waals surface area contributed by atoms with Gasteiger partial charge in [0.1, 0.15) is 12.2 Å². The standard InChI is InChI=1S/C24H28N6O2/c1-16(31)17-7-5-9-19(13-17)27-24(32)18-8-6-11-29(14-18)22-21-23(26-15-25-22)30-12-4-2-3-10-20(30)28-21/h5,7,9,13,15,18H,2-4,6,8,10-12,14H2,1H3,(H,27,32)/t18-/m0/s1. The molecule has 1 aromatic carbocycles. The summed E-state index contributed by atoms with van der Waals surface area (Å²) in [7, 11) is 0. The molecule has 8 heteroatoms. The summed E-state index contributed by atoms with van der Waals surface area (Å²) in [5.74, 6) is 1.72. The lowest BCUT2D eigenvalue weighted by molar-refractivity contribution is -0.120. The minimum absolute atomic E-state index is 0.0174. The molecule has 32 heavy (non-hydrogen) atoms. The Hall–Kier alpha value is -3.29. The molecular formula is C24H28N6O2. The number of carbonyl (C=O) groups excluding carboxylic acids is 2. The van der Waals surface area contributed by atoms with E-state index >= 15 is 0 Å². The molecule has 2 aliphatic heterocycles. The number of piperidine rings is 1. The summed E-state index contributed by atoms with van der Waals surface area (Å²) in [6.07, 6.45) is 7.85. The molecule has 1 saturated heterocycles. The van der Waals surface area contributed by atoms with Crippen LogP contribution < -0.4 is 10.2 Å². The predicted octanol–water partition coefficient (Wildman–Crippen LogP) is 3.61. The van der Waals surface area contributed by atoms with Crippen LogP contribution in [-0.4, -0.2) is 44.3 Å². The summed E-state index contributed by atoms with van der Waals surface area (Å²) in [6, 6.07) is 7.09. The lowest BCUT2D eigenvalue weighted by Gasteiger charge is -2.32. The number of ketones is 1. The molecule has 0 radical (unpaired) electrons. The topological polar surface area (TPSA) is 93.0 Å². The lowest BCUT2D eigenvalue weighted by atomic mass is 9.97. The number of nitrogens with one attached hydrogen (secondary N) is 1. The van der Waals surface area contributed by atoms with E-state index in [-0.39, 0.29) is 17.6 Å². The number of amides is 1. The third-order valence-corrected chi connectivity index (χ3v) is 6.50. The van der Waals surface area contributed by atoms with Gasteiger partial charge in [0.2, 0.25) is 5.91 Å². The SMILES string of the molecule is CC(=O)c1cccc(NC(=O)[C@H]2CCCN(c3ncnc4c3nc3n4CCCCC3)C2)c1. The van der Waals surface area contributed by atoms with E-state index in [1.54, 1.807) is 24.5 Å². The van der Waals surface area contributed by atoms with Crippen LogP contribution in [0.3, 0.4) is 0 Å². The van der Waals surface area contributed by atoms with Gasteiger partial charge in [-0.25, -0.2) is 15.0 Å². The van der Waals surface area contributed by atoms with Crippen LogP contribution in [0.25, 0.3) is 11.2 Å². The number of fused-ring (bicyclic) bond motifs is 3. The normalized spacial score (nSPS) is 18.8. The third kappa shape index (κ3) is 3.97. The Balaban J connectivity index is 1.36. The first kappa shape index (κ1) is 20.6. The summed E-state index contributed by atoms with van der Waals surface area (Å²) in [5.41, 5.74) is 3.00. The summed E-state index contributed by atoms with van der Waals surface area (Å²) in [4.78, 5) is 40.9. The fourth-order valence-electron chi connectivity index (χ4n) is 4.80. The highest BCUT2D eigenvalue weighted by molar-refractivity contribution is 5.97. The van der Waals surface area contributed by atoms with E-state index in [4.69, 9.17) is 4.98 Å². The van der Waals surface area contributed by atoms with Crippen molar-refractivity contribution in [1.29, 1.82) is 0 Å². The van der Waals surface area contributed by atoms with Crippen molar-refractivity contribution >= 4 is 34.4 Å². The van der Waals surface area contributed by atoms with Gasteiger partial charge in [-0.2, -0.15) is 0 Å². The van der Waals surface area contributed by atoms with E-state index in [9.17, 15) is 9.59 Å². The summed E-state index contributed by atoms with van der Waals surface area (Å²) in [6.45, 7) is 3.91. The van der Waals surface area contributed by atoms with Crippen LogP contribution >= 0.6 is 0 Å². The summed E-state index contributed by atoms with van der Waals surface area (Å²) in [5, 5.41) is 2.99. The average molecular weight is 433 g/mol. The van der Waals surface area contributed by atoms with Crippen LogP contribution in [0, 0.1) is 5.92 Å². The van der Waals surface area contributed by atoms with Crippen molar-refractivity contribution in [2.75, 3.05) is 23.3 Å². The third-order valence-electron chi connectivity index (χ3n) is 6.50. The quantitative estimate of drug-likeness (QED) is 0.633. The Morgan fingerprint density at radius 3 is 2.88 bits per heavy atom. The van der Waals surface area contributed by atoms with Crippen LogP contribution in [0.15, 0.2) is 30.6 Å². The minimum atomic E-state index is -0.157. The zero-order chi connectivity index (χ0) is 22.1. The molecule has 0 unspecified atom stereocenters.